The number of carbonyl (C=O) groups excluding carboxylic acids is 1. The first-order chi connectivity index (χ1) is 12.4. The minimum Gasteiger partial charge on any atom is -0.326 e. The van der Waals surface area contributed by atoms with E-state index in [2.05, 4.69) is 5.32 Å². The van der Waals surface area contributed by atoms with Gasteiger partial charge in [-0.15, -0.1) is 0 Å². The molecule has 1 saturated heterocycles. The number of benzene rings is 2. The van der Waals surface area contributed by atoms with Crippen LogP contribution < -0.4 is 5.32 Å². The number of amides is 1. The van der Waals surface area contributed by atoms with E-state index in [0.29, 0.717) is 30.1 Å². The Hall–Kier alpha value is -1.89. The number of rotatable bonds is 4. The highest BCUT2D eigenvalue weighted by molar-refractivity contribution is 7.89. The minimum atomic E-state index is -3.59. The number of hydrogen-bond acceptors (Lipinski definition) is 3. The third kappa shape index (κ3) is 4.26. The van der Waals surface area contributed by atoms with Crippen molar-refractivity contribution in [1.82, 2.24) is 4.31 Å². The second-order valence-electron chi connectivity index (χ2n) is 6.51. The smallest absolute Gasteiger partial charge is 0.243 e. The quantitative estimate of drug-likeness (QED) is 0.862. The molecule has 26 heavy (non-hydrogen) atoms. The molecule has 1 aliphatic heterocycles. The van der Waals surface area contributed by atoms with E-state index in [9.17, 15) is 13.2 Å². The van der Waals surface area contributed by atoms with Crippen LogP contribution in [0.4, 0.5) is 5.69 Å². The molecule has 5 nitrogen and oxygen atoms in total. The van der Waals surface area contributed by atoms with Gasteiger partial charge in [0.05, 0.1) is 10.8 Å². The molecule has 0 aromatic heterocycles. The fourth-order valence-electron chi connectivity index (χ4n) is 3.01. The predicted molar refractivity (Wildman–Crippen MR) is 103 cm³/mol. The van der Waals surface area contributed by atoms with Gasteiger partial charge in [0, 0.05) is 23.8 Å². The number of carbonyl (C=O) groups is 1. The number of nitrogens with one attached hydrogen (secondary N) is 1. The monoisotopic (exact) mass is 392 g/mol. The molecule has 1 aliphatic rings. The van der Waals surface area contributed by atoms with Crippen LogP contribution in [0.15, 0.2) is 53.4 Å². The normalized spacial score (nSPS) is 18.5. The molecule has 1 fully saturated rings. The summed E-state index contributed by atoms with van der Waals surface area (Å²) in [5, 5.41) is 3.43. The maximum absolute atomic E-state index is 12.8. The van der Waals surface area contributed by atoms with Crippen molar-refractivity contribution in [2.45, 2.75) is 24.7 Å². The van der Waals surface area contributed by atoms with Crippen molar-refractivity contribution < 1.29 is 13.2 Å². The van der Waals surface area contributed by atoms with Gasteiger partial charge >= 0.3 is 0 Å². The Bertz CT molecular complexity index is 880. The van der Waals surface area contributed by atoms with E-state index in [1.54, 1.807) is 48.5 Å². The van der Waals surface area contributed by atoms with Gasteiger partial charge in [0.15, 0.2) is 0 Å². The highest BCUT2D eigenvalue weighted by atomic mass is 35.5. The van der Waals surface area contributed by atoms with E-state index < -0.39 is 10.0 Å². The summed E-state index contributed by atoms with van der Waals surface area (Å²) in [6.07, 6.45) is 1.32. The molecular formula is C19H21ClN2O3S. The second kappa shape index (κ2) is 7.78. The van der Waals surface area contributed by atoms with E-state index in [4.69, 9.17) is 11.6 Å². The van der Waals surface area contributed by atoms with E-state index in [-0.39, 0.29) is 23.3 Å². The summed E-state index contributed by atoms with van der Waals surface area (Å²) >= 11 is 5.85. The van der Waals surface area contributed by atoms with Gasteiger partial charge in [0.25, 0.3) is 0 Å². The summed E-state index contributed by atoms with van der Waals surface area (Å²) in [5.41, 5.74) is 1.65. The van der Waals surface area contributed by atoms with Crippen LogP contribution in [0.5, 0.6) is 0 Å². The fraction of sp³-hybridized carbons (Fsp3) is 0.316. The summed E-state index contributed by atoms with van der Waals surface area (Å²) in [5.74, 6) is -0.546. The zero-order valence-electron chi connectivity index (χ0n) is 14.5. The highest BCUT2D eigenvalue weighted by Crippen LogP contribution is 2.25. The Kier molecular flexibility index (Phi) is 5.65. The average Bonchev–Trinajstić information content (AvgIpc) is 2.64. The molecule has 1 atom stereocenters. The van der Waals surface area contributed by atoms with Crippen molar-refractivity contribution in [3.05, 3.63) is 59.1 Å². The van der Waals surface area contributed by atoms with Crippen molar-refractivity contribution in [2.75, 3.05) is 18.4 Å². The van der Waals surface area contributed by atoms with Crippen LogP contribution in [0.3, 0.4) is 0 Å². The van der Waals surface area contributed by atoms with Crippen LogP contribution in [-0.2, 0) is 14.8 Å². The Morgan fingerprint density at radius 2 is 1.77 bits per heavy atom. The number of nitrogens with zero attached hydrogens (tertiary/aromatic N) is 1. The molecule has 0 spiro atoms. The summed E-state index contributed by atoms with van der Waals surface area (Å²) < 4.78 is 27.1. The Balaban J connectivity index is 1.71. The number of aryl methyl sites for hydroxylation is 1. The van der Waals surface area contributed by atoms with Crippen molar-refractivity contribution >= 4 is 33.2 Å². The van der Waals surface area contributed by atoms with Crippen LogP contribution in [-0.4, -0.2) is 31.7 Å². The number of halogens is 1. The molecule has 1 amide bonds. The zero-order valence-corrected chi connectivity index (χ0v) is 16.1. The van der Waals surface area contributed by atoms with Gasteiger partial charge in [-0.05, 0) is 56.2 Å². The lowest BCUT2D eigenvalue weighted by Gasteiger charge is -2.31. The first kappa shape index (κ1) is 18.9. The van der Waals surface area contributed by atoms with Crippen molar-refractivity contribution in [3.63, 3.8) is 0 Å². The topological polar surface area (TPSA) is 66.5 Å². The van der Waals surface area contributed by atoms with Crippen molar-refractivity contribution in [1.29, 1.82) is 0 Å². The molecule has 0 radical (unpaired) electrons. The summed E-state index contributed by atoms with van der Waals surface area (Å²) in [6.45, 7) is 2.53. The molecular weight excluding hydrogens is 372 g/mol. The third-order valence-corrected chi connectivity index (χ3v) is 6.66. The van der Waals surface area contributed by atoms with Crippen LogP contribution in [0.1, 0.15) is 18.4 Å². The van der Waals surface area contributed by atoms with Gasteiger partial charge in [-0.3, -0.25) is 4.79 Å². The molecule has 2 aromatic carbocycles. The molecule has 0 saturated carbocycles. The first-order valence-corrected chi connectivity index (χ1v) is 10.3. The standard InChI is InChI=1S/C19H21ClN2O3S/c1-14-4-10-18(11-5-14)26(24,25)22-12-2-3-15(13-22)19(23)21-17-8-6-16(20)7-9-17/h4-11,15H,2-3,12-13H2,1H3,(H,21,23). The van der Waals surface area contributed by atoms with Gasteiger partial charge in [0.1, 0.15) is 0 Å². The molecule has 1 N–H and O–H groups in total. The molecule has 3 rings (SSSR count). The van der Waals surface area contributed by atoms with Crippen LogP contribution in [0.25, 0.3) is 0 Å². The van der Waals surface area contributed by atoms with E-state index >= 15 is 0 Å². The maximum atomic E-state index is 12.8. The Labute approximate surface area is 159 Å². The van der Waals surface area contributed by atoms with Gasteiger partial charge in [-0.2, -0.15) is 4.31 Å². The summed E-state index contributed by atoms with van der Waals surface area (Å²) in [6, 6.07) is 13.6. The molecule has 2 aromatic rings. The summed E-state index contributed by atoms with van der Waals surface area (Å²) in [7, 11) is -3.59. The molecule has 0 bridgehead atoms. The SMILES string of the molecule is Cc1ccc(S(=O)(=O)N2CCCC(C(=O)Nc3ccc(Cl)cc3)C2)cc1. The van der Waals surface area contributed by atoms with Gasteiger partial charge in [0.2, 0.25) is 15.9 Å². The first-order valence-electron chi connectivity index (χ1n) is 8.49. The largest absolute Gasteiger partial charge is 0.326 e. The minimum absolute atomic E-state index is 0.170. The average molecular weight is 393 g/mol. The number of anilines is 1. The lowest BCUT2D eigenvalue weighted by Crippen LogP contribution is -2.43. The van der Waals surface area contributed by atoms with Crippen LogP contribution in [0.2, 0.25) is 5.02 Å². The predicted octanol–water partition coefficient (Wildman–Crippen LogP) is 3.69. The van der Waals surface area contributed by atoms with E-state index in [0.717, 1.165) is 5.56 Å². The number of sulfonamides is 1. The van der Waals surface area contributed by atoms with Crippen LogP contribution in [0, 0.1) is 12.8 Å². The Morgan fingerprint density at radius 3 is 2.42 bits per heavy atom. The number of hydrogen-bond donors (Lipinski definition) is 1. The van der Waals surface area contributed by atoms with Gasteiger partial charge in [-0.25, -0.2) is 8.42 Å². The van der Waals surface area contributed by atoms with Crippen LogP contribution >= 0.6 is 11.6 Å². The van der Waals surface area contributed by atoms with Crippen molar-refractivity contribution in [2.24, 2.45) is 5.92 Å². The van der Waals surface area contributed by atoms with E-state index in [1.807, 2.05) is 6.92 Å². The molecule has 138 valence electrons. The summed E-state index contributed by atoms with van der Waals surface area (Å²) in [4.78, 5) is 12.8. The van der Waals surface area contributed by atoms with Crippen molar-refractivity contribution in [3.8, 4) is 0 Å². The maximum Gasteiger partial charge on any atom is 0.243 e. The molecule has 1 heterocycles. The van der Waals surface area contributed by atoms with Gasteiger partial charge < -0.3 is 5.32 Å². The lowest BCUT2D eigenvalue weighted by atomic mass is 9.99. The second-order valence-corrected chi connectivity index (χ2v) is 8.89. The molecule has 7 heteroatoms. The molecule has 0 aliphatic carbocycles. The molecule has 1 unspecified atom stereocenters. The number of piperidine rings is 1. The third-order valence-electron chi connectivity index (χ3n) is 4.53. The highest BCUT2D eigenvalue weighted by Gasteiger charge is 2.33. The zero-order chi connectivity index (χ0) is 18.7. The van der Waals surface area contributed by atoms with Gasteiger partial charge in [-0.1, -0.05) is 29.3 Å². The lowest BCUT2D eigenvalue weighted by molar-refractivity contribution is -0.120. The van der Waals surface area contributed by atoms with E-state index in [1.165, 1.54) is 4.31 Å². The fourth-order valence-corrected chi connectivity index (χ4v) is 4.66. The Morgan fingerprint density at radius 1 is 1.12 bits per heavy atom.